The van der Waals surface area contributed by atoms with Gasteiger partial charge in [0.05, 0.1) is 21.2 Å². The first-order valence-electron chi connectivity index (χ1n) is 14.5. The van der Waals surface area contributed by atoms with Crippen molar-refractivity contribution in [3.8, 4) is 0 Å². The van der Waals surface area contributed by atoms with Gasteiger partial charge >= 0.3 is 6.18 Å². The minimum absolute atomic E-state index is 0.0312. The third-order valence-electron chi connectivity index (χ3n) is 7.32. The van der Waals surface area contributed by atoms with Gasteiger partial charge in [0.15, 0.2) is 0 Å². The van der Waals surface area contributed by atoms with Crippen LogP contribution in [-0.4, -0.2) is 44.3 Å². The van der Waals surface area contributed by atoms with Gasteiger partial charge in [-0.25, -0.2) is 12.8 Å². The van der Waals surface area contributed by atoms with E-state index in [4.69, 9.17) is 11.6 Å². The molecule has 13 heteroatoms. The fraction of sp³-hybridized carbons (Fsp3) is 0.235. The minimum Gasteiger partial charge on any atom is -0.355 e. The van der Waals surface area contributed by atoms with Gasteiger partial charge in [0.25, 0.3) is 10.0 Å². The van der Waals surface area contributed by atoms with Crippen molar-refractivity contribution in [1.82, 2.24) is 10.2 Å². The van der Waals surface area contributed by atoms with E-state index >= 15 is 0 Å². The van der Waals surface area contributed by atoms with Crippen molar-refractivity contribution in [3.05, 3.63) is 130 Å². The standard InChI is InChI=1S/C34H32ClF4N3O4S/c1-3-40-33(44)31(19-24-7-5-4-6-8-24)41(21-25-11-13-26(36)14-12-25)32(43)22-42(47(45,46)28-16-9-23(2)10-17-28)27-15-18-30(35)29(20-27)34(37,38)39/h4-18,20,31H,3,19,21-22H2,1-2H3,(H,40,44)/t31-/m1/s1. The summed E-state index contributed by atoms with van der Waals surface area (Å²) in [7, 11) is -4.64. The van der Waals surface area contributed by atoms with Crippen LogP contribution in [0.5, 0.6) is 0 Å². The summed E-state index contributed by atoms with van der Waals surface area (Å²) in [4.78, 5) is 28.7. The number of likely N-dealkylation sites (N-methyl/N-ethyl adjacent to an activating group) is 1. The number of carbonyl (C=O) groups excluding carboxylic acids is 2. The number of hydrogen-bond donors (Lipinski definition) is 1. The summed E-state index contributed by atoms with van der Waals surface area (Å²) >= 11 is 5.84. The quantitative estimate of drug-likeness (QED) is 0.166. The van der Waals surface area contributed by atoms with Crippen molar-refractivity contribution in [3.63, 3.8) is 0 Å². The van der Waals surface area contributed by atoms with Crippen LogP contribution in [0.2, 0.25) is 5.02 Å². The molecule has 0 bridgehead atoms. The summed E-state index contributed by atoms with van der Waals surface area (Å²) in [6.07, 6.45) is -4.90. The molecule has 0 aromatic heterocycles. The van der Waals surface area contributed by atoms with Crippen LogP contribution in [0.4, 0.5) is 23.2 Å². The van der Waals surface area contributed by atoms with Crippen LogP contribution in [0, 0.1) is 12.7 Å². The fourth-order valence-corrected chi connectivity index (χ4v) is 6.52. The molecule has 0 saturated carbocycles. The Kier molecular flexibility index (Phi) is 11.3. The molecule has 1 N–H and O–H groups in total. The molecule has 47 heavy (non-hydrogen) atoms. The van der Waals surface area contributed by atoms with E-state index in [-0.39, 0.29) is 24.4 Å². The molecule has 0 aliphatic carbocycles. The van der Waals surface area contributed by atoms with Crippen molar-refractivity contribution >= 4 is 39.1 Å². The lowest BCUT2D eigenvalue weighted by Crippen LogP contribution is -2.53. The number of nitrogens with zero attached hydrogens (tertiary/aromatic N) is 2. The molecule has 4 aromatic rings. The van der Waals surface area contributed by atoms with Gasteiger partial charge in [-0.1, -0.05) is 71.8 Å². The number of nitrogens with one attached hydrogen (secondary N) is 1. The Bertz CT molecular complexity index is 1800. The second kappa shape index (κ2) is 15.0. The van der Waals surface area contributed by atoms with Crippen LogP contribution in [-0.2, 0) is 38.8 Å². The number of carbonyl (C=O) groups is 2. The maximum atomic E-state index is 14.3. The summed E-state index contributed by atoms with van der Waals surface area (Å²) in [5.74, 6) is -1.96. The summed E-state index contributed by atoms with van der Waals surface area (Å²) < 4.78 is 84.1. The van der Waals surface area contributed by atoms with Gasteiger partial charge in [0, 0.05) is 19.5 Å². The highest BCUT2D eigenvalue weighted by atomic mass is 35.5. The van der Waals surface area contributed by atoms with Crippen molar-refractivity contribution in [2.24, 2.45) is 0 Å². The van der Waals surface area contributed by atoms with Crippen molar-refractivity contribution in [1.29, 1.82) is 0 Å². The number of anilines is 1. The van der Waals surface area contributed by atoms with E-state index in [0.717, 1.165) is 22.6 Å². The van der Waals surface area contributed by atoms with Crippen LogP contribution in [0.15, 0.2) is 102 Å². The summed E-state index contributed by atoms with van der Waals surface area (Å²) in [5.41, 5.74) is 0.0995. The van der Waals surface area contributed by atoms with Gasteiger partial charge in [0.2, 0.25) is 11.8 Å². The Morgan fingerprint density at radius 3 is 2.13 bits per heavy atom. The van der Waals surface area contributed by atoms with E-state index in [1.807, 2.05) is 0 Å². The second-order valence-corrected chi connectivity index (χ2v) is 13.0. The molecular formula is C34H32ClF4N3O4S. The molecule has 7 nitrogen and oxygen atoms in total. The highest BCUT2D eigenvalue weighted by molar-refractivity contribution is 7.92. The molecule has 0 saturated heterocycles. The molecule has 2 amide bonds. The number of aryl methyl sites for hydroxylation is 1. The van der Waals surface area contributed by atoms with E-state index in [0.29, 0.717) is 21.5 Å². The zero-order valence-electron chi connectivity index (χ0n) is 25.5. The predicted octanol–water partition coefficient (Wildman–Crippen LogP) is 6.78. The maximum Gasteiger partial charge on any atom is 0.417 e. The number of rotatable bonds is 12. The molecule has 0 fully saturated rings. The molecular weight excluding hydrogens is 658 g/mol. The minimum atomic E-state index is -4.93. The monoisotopic (exact) mass is 689 g/mol. The first kappa shape index (κ1) is 35.4. The number of hydrogen-bond acceptors (Lipinski definition) is 4. The molecule has 0 aliphatic rings. The van der Waals surface area contributed by atoms with Crippen LogP contribution in [0.25, 0.3) is 0 Å². The van der Waals surface area contributed by atoms with E-state index < -0.39 is 62.7 Å². The fourth-order valence-electron chi connectivity index (χ4n) is 4.88. The Morgan fingerprint density at radius 1 is 0.894 bits per heavy atom. The summed E-state index contributed by atoms with van der Waals surface area (Å²) in [6.45, 7) is 2.44. The van der Waals surface area contributed by atoms with Crippen molar-refractivity contribution in [2.45, 2.75) is 43.9 Å². The van der Waals surface area contributed by atoms with E-state index in [9.17, 15) is 35.6 Å². The number of benzene rings is 4. The molecule has 248 valence electrons. The SMILES string of the molecule is CCNC(=O)[C@@H](Cc1ccccc1)N(Cc1ccc(F)cc1)C(=O)CN(c1ccc(Cl)c(C(F)(F)F)c1)S(=O)(=O)c1ccc(C)cc1. The van der Waals surface area contributed by atoms with Gasteiger partial charge in [-0.2, -0.15) is 13.2 Å². The molecule has 0 unspecified atom stereocenters. The molecule has 4 aromatic carbocycles. The zero-order chi connectivity index (χ0) is 34.4. The first-order chi connectivity index (χ1) is 22.2. The summed E-state index contributed by atoms with van der Waals surface area (Å²) in [6, 6.07) is 21.0. The van der Waals surface area contributed by atoms with Crippen molar-refractivity contribution < 1.29 is 35.6 Å². The highest BCUT2D eigenvalue weighted by Crippen LogP contribution is 2.38. The Labute approximate surface area is 275 Å². The van der Waals surface area contributed by atoms with Gasteiger partial charge in [0.1, 0.15) is 18.4 Å². The predicted molar refractivity (Wildman–Crippen MR) is 172 cm³/mol. The lowest BCUT2D eigenvalue weighted by Gasteiger charge is -2.34. The smallest absolute Gasteiger partial charge is 0.355 e. The van der Waals surface area contributed by atoms with Crippen LogP contribution in [0.1, 0.15) is 29.2 Å². The summed E-state index contributed by atoms with van der Waals surface area (Å²) in [5, 5.41) is 2.05. The lowest BCUT2D eigenvalue weighted by molar-refractivity contribution is -0.140. The van der Waals surface area contributed by atoms with Crippen LogP contribution in [0.3, 0.4) is 0 Å². The van der Waals surface area contributed by atoms with E-state index in [2.05, 4.69) is 5.32 Å². The normalized spacial score (nSPS) is 12.3. The highest BCUT2D eigenvalue weighted by Gasteiger charge is 2.37. The average Bonchev–Trinajstić information content (AvgIpc) is 3.03. The molecule has 1 atom stereocenters. The van der Waals surface area contributed by atoms with Crippen LogP contribution < -0.4 is 9.62 Å². The molecule has 4 rings (SSSR count). The number of alkyl halides is 3. The Morgan fingerprint density at radius 2 is 1.53 bits per heavy atom. The third kappa shape index (κ3) is 8.89. The third-order valence-corrected chi connectivity index (χ3v) is 9.44. The lowest BCUT2D eigenvalue weighted by atomic mass is 10.0. The Balaban J connectivity index is 1.85. The first-order valence-corrected chi connectivity index (χ1v) is 16.3. The van der Waals surface area contributed by atoms with Gasteiger partial charge < -0.3 is 10.2 Å². The van der Waals surface area contributed by atoms with E-state index in [1.54, 1.807) is 44.2 Å². The van der Waals surface area contributed by atoms with Gasteiger partial charge in [-0.05, 0) is 67.4 Å². The average molecular weight is 690 g/mol. The molecule has 0 aliphatic heterocycles. The largest absolute Gasteiger partial charge is 0.417 e. The number of halogens is 5. The number of amides is 2. The van der Waals surface area contributed by atoms with Gasteiger partial charge in [-0.3, -0.25) is 13.9 Å². The molecule has 0 radical (unpaired) electrons. The van der Waals surface area contributed by atoms with E-state index in [1.165, 1.54) is 48.5 Å². The number of sulfonamides is 1. The van der Waals surface area contributed by atoms with Gasteiger partial charge in [-0.15, -0.1) is 0 Å². The topological polar surface area (TPSA) is 86.8 Å². The maximum absolute atomic E-state index is 14.3. The second-order valence-electron chi connectivity index (χ2n) is 10.7. The zero-order valence-corrected chi connectivity index (χ0v) is 27.0. The molecule has 0 heterocycles. The van der Waals surface area contributed by atoms with Crippen LogP contribution >= 0.6 is 11.6 Å². The van der Waals surface area contributed by atoms with Crippen molar-refractivity contribution in [2.75, 3.05) is 17.4 Å². The molecule has 0 spiro atoms. The Hall–Kier alpha value is -4.42.